The Hall–Kier alpha value is -3.75. The summed E-state index contributed by atoms with van der Waals surface area (Å²) >= 11 is 0. The minimum Gasteiger partial charge on any atom is -0.497 e. The van der Waals surface area contributed by atoms with Gasteiger partial charge in [0, 0.05) is 6.07 Å². The second-order valence-corrected chi connectivity index (χ2v) is 5.89. The van der Waals surface area contributed by atoms with Crippen LogP contribution in [0.25, 0.3) is 0 Å². The molecule has 0 bridgehead atoms. The molecule has 9 nitrogen and oxygen atoms in total. The SMILES string of the molecule is CCOc1ccccc1C(=O)NCC(=O)OCC(=O)Nc1ccc(OC)cc1OC. The molecular weight excluding hydrogens is 392 g/mol. The van der Waals surface area contributed by atoms with E-state index in [1.807, 2.05) is 0 Å². The van der Waals surface area contributed by atoms with Crippen LogP contribution in [0.5, 0.6) is 17.2 Å². The lowest BCUT2D eigenvalue weighted by Crippen LogP contribution is -2.32. The number of hydrogen-bond donors (Lipinski definition) is 2. The highest BCUT2D eigenvalue weighted by molar-refractivity contribution is 5.98. The van der Waals surface area contributed by atoms with Gasteiger partial charge in [-0.2, -0.15) is 0 Å². The summed E-state index contributed by atoms with van der Waals surface area (Å²) in [6.07, 6.45) is 0. The molecule has 30 heavy (non-hydrogen) atoms. The third-order valence-corrected chi connectivity index (χ3v) is 3.87. The summed E-state index contributed by atoms with van der Waals surface area (Å²) in [5.41, 5.74) is 0.705. The standard InChI is InChI=1S/C21H24N2O7/c1-4-29-17-8-6-5-7-15(17)21(26)22-12-20(25)30-13-19(24)23-16-10-9-14(27-2)11-18(16)28-3/h5-11H,4,12-13H2,1-3H3,(H,22,26)(H,23,24). The Labute approximate surface area is 174 Å². The van der Waals surface area contributed by atoms with Crippen LogP contribution in [0.2, 0.25) is 0 Å². The van der Waals surface area contributed by atoms with Crippen LogP contribution in [-0.2, 0) is 14.3 Å². The lowest BCUT2D eigenvalue weighted by molar-refractivity contribution is -0.146. The molecule has 2 N–H and O–H groups in total. The first-order valence-electron chi connectivity index (χ1n) is 9.16. The van der Waals surface area contributed by atoms with Crippen molar-refractivity contribution in [1.29, 1.82) is 0 Å². The van der Waals surface area contributed by atoms with E-state index >= 15 is 0 Å². The van der Waals surface area contributed by atoms with Crippen LogP contribution in [0.3, 0.4) is 0 Å². The molecule has 2 aromatic rings. The first-order valence-corrected chi connectivity index (χ1v) is 9.16. The van der Waals surface area contributed by atoms with Gasteiger partial charge in [0.25, 0.3) is 11.8 Å². The Kier molecular flexibility index (Phi) is 8.49. The molecule has 2 rings (SSSR count). The van der Waals surface area contributed by atoms with Gasteiger partial charge in [0.05, 0.1) is 32.1 Å². The molecule has 0 aliphatic heterocycles. The molecule has 0 saturated heterocycles. The van der Waals surface area contributed by atoms with E-state index in [-0.39, 0.29) is 0 Å². The number of esters is 1. The minimum absolute atomic E-state index is 0.302. The third kappa shape index (κ3) is 6.40. The monoisotopic (exact) mass is 416 g/mol. The van der Waals surface area contributed by atoms with E-state index in [1.54, 1.807) is 49.4 Å². The number of carbonyl (C=O) groups is 3. The first-order chi connectivity index (χ1) is 14.5. The second-order valence-electron chi connectivity index (χ2n) is 5.89. The predicted molar refractivity (Wildman–Crippen MR) is 109 cm³/mol. The van der Waals surface area contributed by atoms with Crippen LogP contribution < -0.4 is 24.8 Å². The van der Waals surface area contributed by atoms with E-state index < -0.39 is 30.9 Å². The average molecular weight is 416 g/mol. The van der Waals surface area contributed by atoms with Crippen molar-refractivity contribution in [3.8, 4) is 17.2 Å². The molecule has 9 heteroatoms. The van der Waals surface area contributed by atoms with Crippen molar-refractivity contribution in [2.45, 2.75) is 6.92 Å². The van der Waals surface area contributed by atoms with Crippen LogP contribution in [0.15, 0.2) is 42.5 Å². The number of anilines is 1. The molecule has 0 saturated carbocycles. The molecular formula is C21H24N2O7. The molecule has 0 aromatic heterocycles. The fourth-order valence-corrected chi connectivity index (χ4v) is 2.47. The van der Waals surface area contributed by atoms with Gasteiger partial charge in [-0.25, -0.2) is 0 Å². The highest BCUT2D eigenvalue weighted by atomic mass is 16.5. The third-order valence-electron chi connectivity index (χ3n) is 3.87. The normalized spacial score (nSPS) is 9.97. The van der Waals surface area contributed by atoms with Gasteiger partial charge in [0.15, 0.2) is 6.61 Å². The van der Waals surface area contributed by atoms with Crippen molar-refractivity contribution in [2.75, 3.05) is 39.3 Å². The van der Waals surface area contributed by atoms with E-state index in [0.29, 0.717) is 35.1 Å². The summed E-state index contributed by atoms with van der Waals surface area (Å²) in [5.74, 6) is -0.414. The van der Waals surface area contributed by atoms with Gasteiger partial charge in [-0.05, 0) is 31.2 Å². The van der Waals surface area contributed by atoms with Crippen molar-refractivity contribution >= 4 is 23.5 Å². The van der Waals surface area contributed by atoms with Crippen molar-refractivity contribution in [2.24, 2.45) is 0 Å². The number of benzene rings is 2. The first kappa shape index (κ1) is 22.5. The highest BCUT2D eigenvalue weighted by Crippen LogP contribution is 2.28. The lowest BCUT2D eigenvalue weighted by Gasteiger charge is -2.12. The maximum Gasteiger partial charge on any atom is 0.325 e. The molecule has 0 unspecified atom stereocenters. The number of rotatable bonds is 10. The lowest BCUT2D eigenvalue weighted by atomic mass is 10.2. The van der Waals surface area contributed by atoms with Gasteiger partial charge in [0.1, 0.15) is 23.8 Å². The van der Waals surface area contributed by atoms with Gasteiger partial charge >= 0.3 is 5.97 Å². The fraction of sp³-hybridized carbons (Fsp3) is 0.286. The zero-order chi connectivity index (χ0) is 21.9. The molecule has 0 aliphatic carbocycles. The van der Waals surface area contributed by atoms with Crippen molar-refractivity contribution in [3.05, 3.63) is 48.0 Å². The Morgan fingerprint density at radius 1 is 0.967 bits per heavy atom. The zero-order valence-electron chi connectivity index (χ0n) is 17.0. The molecule has 0 spiro atoms. The Bertz CT molecular complexity index is 899. The minimum atomic E-state index is -0.755. The smallest absolute Gasteiger partial charge is 0.325 e. The molecule has 0 radical (unpaired) electrons. The molecule has 2 amide bonds. The van der Waals surface area contributed by atoms with Crippen molar-refractivity contribution in [1.82, 2.24) is 5.32 Å². The topological polar surface area (TPSA) is 112 Å². The van der Waals surface area contributed by atoms with Gasteiger partial charge in [-0.3, -0.25) is 14.4 Å². The van der Waals surface area contributed by atoms with Crippen molar-refractivity contribution in [3.63, 3.8) is 0 Å². The Balaban J connectivity index is 1.82. The maximum atomic E-state index is 12.2. The largest absolute Gasteiger partial charge is 0.497 e. The van der Waals surface area contributed by atoms with E-state index in [9.17, 15) is 14.4 Å². The number of methoxy groups -OCH3 is 2. The molecule has 0 atom stereocenters. The van der Waals surface area contributed by atoms with Crippen LogP contribution in [-0.4, -0.2) is 51.8 Å². The van der Waals surface area contributed by atoms with E-state index in [4.69, 9.17) is 18.9 Å². The van der Waals surface area contributed by atoms with Gasteiger partial charge in [-0.15, -0.1) is 0 Å². The van der Waals surface area contributed by atoms with Crippen LogP contribution in [0.1, 0.15) is 17.3 Å². The molecule has 0 heterocycles. The number of para-hydroxylation sites is 1. The summed E-state index contributed by atoms with van der Waals surface area (Å²) in [5, 5.41) is 5.02. The molecule has 2 aromatic carbocycles. The predicted octanol–water partition coefficient (Wildman–Crippen LogP) is 2.01. The van der Waals surface area contributed by atoms with Gasteiger partial charge in [0.2, 0.25) is 0 Å². The van der Waals surface area contributed by atoms with E-state index in [1.165, 1.54) is 14.2 Å². The fourth-order valence-electron chi connectivity index (χ4n) is 2.47. The number of hydrogen-bond acceptors (Lipinski definition) is 7. The quantitative estimate of drug-likeness (QED) is 0.570. The number of nitrogens with one attached hydrogen (secondary N) is 2. The molecule has 0 fully saturated rings. The summed E-state index contributed by atoms with van der Waals surface area (Å²) in [6, 6.07) is 11.5. The summed E-state index contributed by atoms with van der Waals surface area (Å²) < 4.78 is 20.6. The maximum absolute atomic E-state index is 12.2. The van der Waals surface area contributed by atoms with E-state index in [2.05, 4.69) is 10.6 Å². The zero-order valence-corrected chi connectivity index (χ0v) is 17.0. The van der Waals surface area contributed by atoms with Crippen molar-refractivity contribution < 1.29 is 33.3 Å². The number of amides is 2. The van der Waals surface area contributed by atoms with Crippen LogP contribution in [0, 0.1) is 0 Å². The molecule has 160 valence electrons. The number of carbonyl (C=O) groups excluding carboxylic acids is 3. The van der Waals surface area contributed by atoms with Crippen LogP contribution in [0.4, 0.5) is 5.69 Å². The van der Waals surface area contributed by atoms with Gasteiger partial charge < -0.3 is 29.6 Å². The van der Waals surface area contributed by atoms with E-state index in [0.717, 1.165) is 0 Å². The number of ether oxygens (including phenoxy) is 4. The highest BCUT2D eigenvalue weighted by Gasteiger charge is 2.15. The second kappa shape index (κ2) is 11.3. The Morgan fingerprint density at radius 3 is 2.43 bits per heavy atom. The summed E-state index contributed by atoms with van der Waals surface area (Å²) in [6.45, 7) is 1.30. The average Bonchev–Trinajstić information content (AvgIpc) is 2.76. The summed E-state index contributed by atoms with van der Waals surface area (Å²) in [4.78, 5) is 36.1. The molecule has 0 aliphatic rings. The van der Waals surface area contributed by atoms with Crippen LogP contribution >= 0.6 is 0 Å². The summed E-state index contributed by atoms with van der Waals surface area (Å²) in [7, 11) is 2.97. The Morgan fingerprint density at radius 2 is 1.73 bits per heavy atom. The van der Waals surface area contributed by atoms with Gasteiger partial charge in [-0.1, -0.05) is 12.1 Å².